The third kappa shape index (κ3) is 7.93. The number of nitrogens with one attached hydrogen (secondary N) is 1. The smallest absolute Gasteiger partial charge is 0.433 e. The lowest BCUT2D eigenvalue weighted by Crippen LogP contribution is -2.52. The number of methoxy groups -OCH3 is 1. The number of imidazole rings is 1. The van der Waals surface area contributed by atoms with Gasteiger partial charge in [-0.05, 0) is 38.0 Å². The van der Waals surface area contributed by atoms with Gasteiger partial charge in [0, 0.05) is 75.5 Å². The predicted molar refractivity (Wildman–Crippen MR) is 180 cm³/mol. The van der Waals surface area contributed by atoms with Crippen LogP contribution >= 0.6 is 0 Å². The lowest BCUT2D eigenvalue weighted by atomic mass is 9.94. The van der Waals surface area contributed by atoms with Gasteiger partial charge >= 0.3 is 12.1 Å². The van der Waals surface area contributed by atoms with Crippen molar-refractivity contribution in [2.24, 2.45) is 5.41 Å². The molecule has 2 aliphatic rings. The number of carboxylic acid groups (broad SMARTS) is 1. The zero-order valence-electron chi connectivity index (χ0n) is 28.4. The maximum Gasteiger partial charge on any atom is 0.433 e. The second-order valence-corrected chi connectivity index (χ2v) is 13.9. The fourth-order valence-electron chi connectivity index (χ4n) is 6.52. The molecule has 2 N–H and O–H groups in total. The van der Waals surface area contributed by atoms with Gasteiger partial charge in [0.25, 0.3) is 0 Å². The number of alkyl halides is 3. The number of nitrogens with zero attached hydrogens (tertiary/aromatic N) is 8. The number of H-pyrrole nitrogens is 1. The van der Waals surface area contributed by atoms with Crippen molar-refractivity contribution in [3.8, 4) is 22.8 Å². The Bertz CT molecular complexity index is 1810. The maximum absolute atomic E-state index is 13.9. The van der Waals surface area contributed by atoms with E-state index in [1.807, 2.05) is 11.9 Å². The van der Waals surface area contributed by atoms with E-state index in [0.29, 0.717) is 78.2 Å². The van der Waals surface area contributed by atoms with Crippen molar-refractivity contribution < 1.29 is 27.8 Å². The number of pyridine rings is 2. The van der Waals surface area contributed by atoms with E-state index in [9.17, 15) is 18.0 Å². The van der Waals surface area contributed by atoms with Gasteiger partial charge in [-0.3, -0.25) is 9.69 Å². The summed E-state index contributed by atoms with van der Waals surface area (Å²) < 4.78 is 47.3. The third-order valence-corrected chi connectivity index (χ3v) is 9.06. The Balaban J connectivity index is 1.34. The summed E-state index contributed by atoms with van der Waals surface area (Å²) in [5.41, 5.74) is 2.14. The first kappa shape index (κ1) is 34.5. The first-order chi connectivity index (χ1) is 23.2. The van der Waals surface area contributed by atoms with Gasteiger partial charge in [0.15, 0.2) is 11.5 Å². The molecule has 2 fully saturated rings. The number of carboxylic acids is 1. The fourth-order valence-corrected chi connectivity index (χ4v) is 6.52. The van der Waals surface area contributed by atoms with Crippen LogP contribution in [0.4, 0.5) is 24.7 Å². The Hall–Kier alpha value is -4.37. The molecule has 0 amide bonds. The summed E-state index contributed by atoms with van der Waals surface area (Å²) in [7, 11) is 3.58. The van der Waals surface area contributed by atoms with Gasteiger partial charge in [-0.15, -0.1) is 0 Å². The van der Waals surface area contributed by atoms with Crippen LogP contribution < -0.4 is 9.80 Å². The van der Waals surface area contributed by atoms with Crippen molar-refractivity contribution in [2.75, 3.05) is 63.3 Å². The number of hydrogen-bond acceptors (Lipinski definition) is 10. The molecule has 12 nitrogen and oxygen atoms in total. The van der Waals surface area contributed by atoms with Gasteiger partial charge in [-0.2, -0.15) is 13.2 Å². The molecule has 0 radical (unpaired) electrons. The molecule has 4 aromatic rings. The minimum Gasteiger partial charge on any atom is -0.481 e. The van der Waals surface area contributed by atoms with Crippen LogP contribution in [0.2, 0.25) is 0 Å². The number of fused-ring (bicyclic) bond motifs is 1. The highest BCUT2D eigenvalue weighted by atomic mass is 19.4. The minimum absolute atomic E-state index is 0.0179. The van der Waals surface area contributed by atoms with Crippen LogP contribution in [-0.2, 0) is 15.7 Å². The van der Waals surface area contributed by atoms with Crippen LogP contribution in [0.3, 0.4) is 0 Å². The van der Waals surface area contributed by atoms with Crippen molar-refractivity contribution in [1.29, 1.82) is 0 Å². The second kappa shape index (κ2) is 13.5. The van der Waals surface area contributed by atoms with Gasteiger partial charge in [0.05, 0.1) is 36.8 Å². The van der Waals surface area contributed by atoms with E-state index >= 15 is 0 Å². The van der Waals surface area contributed by atoms with E-state index in [0.717, 1.165) is 31.1 Å². The number of carbonyl (C=O) groups is 1. The number of anilines is 2. The van der Waals surface area contributed by atoms with E-state index in [1.165, 1.54) is 0 Å². The van der Waals surface area contributed by atoms with Crippen molar-refractivity contribution in [3.05, 3.63) is 42.0 Å². The van der Waals surface area contributed by atoms with E-state index in [1.54, 1.807) is 31.6 Å². The first-order valence-corrected chi connectivity index (χ1v) is 16.4. The minimum atomic E-state index is -4.59. The quantitative estimate of drug-likeness (QED) is 0.197. The summed E-state index contributed by atoms with van der Waals surface area (Å²) in [6.07, 6.45) is 0.468. The third-order valence-electron chi connectivity index (χ3n) is 9.06. The number of hydrogen-bond donors (Lipinski definition) is 2. The summed E-state index contributed by atoms with van der Waals surface area (Å²) in [6, 6.07) is 4.72. The number of piperazine rings is 1. The Morgan fingerprint density at radius 1 is 1.08 bits per heavy atom. The highest BCUT2D eigenvalue weighted by Gasteiger charge is 2.36. The van der Waals surface area contributed by atoms with Crippen LogP contribution in [0, 0.1) is 5.41 Å². The Labute approximate surface area is 282 Å². The maximum atomic E-state index is 13.9. The molecule has 262 valence electrons. The molecule has 1 aliphatic carbocycles. The lowest BCUT2D eigenvalue weighted by molar-refractivity contribution is -0.141. The molecule has 0 bridgehead atoms. The topological polar surface area (TPSA) is 136 Å². The molecule has 1 aliphatic heterocycles. The van der Waals surface area contributed by atoms with E-state index in [4.69, 9.17) is 19.8 Å². The fraction of sp³-hybridized carbons (Fsp3) is 0.529. The highest BCUT2D eigenvalue weighted by Crippen LogP contribution is 2.42. The predicted octanol–water partition coefficient (Wildman–Crippen LogP) is 5.47. The average Bonchev–Trinajstić information content (AvgIpc) is 3.81. The summed E-state index contributed by atoms with van der Waals surface area (Å²) in [5.74, 6) is 0.345. The Morgan fingerprint density at radius 2 is 1.86 bits per heavy atom. The molecule has 0 aromatic carbocycles. The van der Waals surface area contributed by atoms with Crippen LogP contribution in [0.5, 0.6) is 0 Å². The molecule has 49 heavy (non-hydrogen) atoms. The van der Waals surface area contributed by atoms with Gasteiger partial charge < -0.3 is 24.6 Å². The van der Waals surface area contributed by atoms with Crippen molar-refractivity contribution in [3.63, 3.8) is 0 Å². The van der Waals surface area contributed by atoms with E-state index in [-0.39, 0.29) is 23.8 Å². The molecule has 1 atom stereocenters. The molecule has 15 heteroatoms. The molecular weight excluding hydrogens is 639 g/mol. The molecular formula is C34H42F3N9O3. The second-order valence-electron chi connectivity index (χ2n) is 13.9. The van der Waals surface area contributed by atoms with Crippen LogP contribution in [0.15, 0.2) is 30.6 Å². The Kier molecular flexibility index (Phi) is 9.50. The largest absolute Gasteiger partial charge is 0.481 e. The molecule has 1 saturated carbocycles. The number of aromatic amines is 1. The van der Waals surface area contributed by atoms with Crippen LogP contribution in [0.1, 0.15) is 57.3 Å². The highest BCUT2D eigenvalue weighted by molar-refractivity contribution is 5.91. The molecule has 4 aromatic heterocycles. The standard InChI is InChI=1S/C34H42F3N9O3/c1-20-17-46(11-10-45(20)9-8-29(47)48)28-16-38-25(15-39-28)31-42-30-26(44(4)18-33(2,3)19-49-5)14-24(41-32(30)43-31)22-12-23(21-6-7-21)40-27(13-22)34(35,36)37/h12-16,20-21H,6-11,17-19H2,1-5H3,(H,47,48)(H,41,42,43)/t20-/m1/s1. The molecule has 0 spiro atoms. The zero-order chi connectivity index (χ0) is 35.1. The number of aliphatic carboxylic acids is 1. The lowest BCUT2D eigenvalue weighted by Gasteiger charge is -2.40. The summed E-state index contributed by atoms with van der Waals surface area (Å²) in [4.78, 5) is 43.5. The number of ether oxygens (including phenoxy) is 1. The van der Waals surface area contributed by atoms with Gasteiger partial charge in [-0.25, -0.2) is 24.9 Å². The summed E-state index contributed by atoms with van der Waals surface area (Å²) in [5, 5.41) is 9.05. The molecule has 0 unspecified atom stereocenters. The number of rotatable bonds is 12. The number of halogens is 3. The monoisotopic (exact) mass is 681 g/mol. The first-order valence-electron chi connectivity index (χ1n) is 16.4. The Morgan fingerprint density at radius 3 is 2.49 bits per heavy atom. The SMILES string of the molecule is COCC(C)(C)CN(C)c1cc(-c2cc(C3CC3)nc(C(F)(F)F)c2)nc2nc(-c3cnc(N4CCN(CCC(=O)O)[C@H](C)C4)cn3)[nH]c12. The van der Waals surface area contributed by atoms with Gasteiger partial charge in [0.1, 0.15) is 22.7 Å². The summed E-state index contributed by atoms with van der Waals surface area (Å²) in [6.45, 7) is 9.93. The average molecular weight is 682 g/mol. The van der Waals surface area contributed by atoms with E-state index < -0.39 is 17.8 Å². The zero-order valence-corrected chi connectivity index (χ0v) is 28.4. The molecule has 5 heterocycles. The molecule has 6 rings (SSSR count). The van der Waals surface area contributed by atoms with Gasteiger partial charge in [0.2, 0.25) is 0 Å². The summed E-state index contributed by atoms with van der Waals surface area (Å²) >= 11 is 0. The van der Waals surface area contributed by atoms with E-state index in [2.05, 4.69) is 50.5 Å². The van der Waals surface area contributed by atoms with Crippen molar-refractivity contribution >= 4 is 28.6 Å². The van der Waals surface area contributed by atoms with Crippen LogP contribution in [-0.4, -0.2) is 105 Å². The van der Waals surface area contributed by atoms with Crippen molar-refractivity contribution in [1.82, 2.24) is 34.8 Å². The van der Waals surface area contributed by atoms with Crippen LogP contribution in [0.25, 0.3) is 33.9 Å². The molecule has 1 saturated heterocycles. The van der Waals surface area contributed by atoms with Crippen molar-refractivity contribution in [2.45, 2.75) is 58.2 Å². The number of aromatic nitrogens is 6. The van der Waals surface area contributed by atoms with Gasteiger partial charge in [-0.1, -0.05) is 13.8 Å². The normalized spacial score (nSPS) is 17.6.